The number of aliphatic hydroxyl groups is 5. The predicted octanol–water partition coefficient (Wildman–Crippen LogP) is 1.75. The maximum atomic E-state index is 10.2. The van der Waals surface area contributed by atoms with Crippen LogP contribution in [0, 0.1) is 0 Å². The summed E-state index contributed by atoms with van der Waals surface area (Å²) in [5.74, 6) is 0. The highest BCUT2D eigenvalue weighted by molar-refractivity contribution is 4.94. The molecule has 7 atom stereocenters. The molecule has 1 aliphatic heterocycles. The molecular formula is C24H47NO7. The van der Waals surface area contributed by atoms with Gasteiger partial charge in [0.1, 0.15) is 24.4 Å². The molecule has 0 spiro atoms. The fourth-order valence-electron chi connectivity index (χ4n) is 3.81. The Labute approximate surface area is 193 Å². The number of hydrogen-bond donors (Lipinski definition) is 6. The zero-order valence-corrected chi connectivity index (χ0v) is 19.7. The monoisotopic (exact) mass is 461 g/mol. The first-order chi connectivity index (χ1) is 15.4. The molecule has 1 heterocycles. The Morgan fingerprint density at radius 1 is 0.875 bits per heavy atom. The molecule has 0 aromatic rings. The average Bonchev–Trinajstić information content (AvgIpc) is 2.79. The molecule has 0 radical (unpaired) electrons. The minimum absolute atomic E-state index is 0.118. The Bertz CT molecular complexity index is 477. The van der Waals surface area contributed by atoms with Crippen molar-refractivity contribution in [3.63, 3.8) is 0 Å². The lowest BCUT2D eigenvalue weighted by atomic mass is 9.99. The lowest BCUT2D eigenvalue weighted by Crippen LogP contribution is -2.59. The van der Waals surface area contributed by atoms with E-state index in [0.29, 0.717) is 0 Å². The van der Waals surface area contributed by atoms with Crippen LogP contribution < -0.4 is 5.73 Å². The van der Waals surface area contributed by atoms with Crippen LogP contribution in [0.3, 0.4) is 0 Å². The molecule has 7 N–H and O–H groups in total. The van der Waals surface area contributed by atoms with E-state index < -0.39 is 49.5 Å². The molecule has 32 heavy (non-hydrogen) atoms. The van der Waals surface area contributed by atoms with Crippen LogP contribution in [0.1, 0.15) is 84.0 Å². The van der Waals surface area contributed by atoms with Gasteiger partial charge >= 0.3 is 0 Å². The van der Waals surface area contributed by atoms with E-state index in [-0.39, 0.29) is 6.61 Å². The molecule has 0 bridgehead atoms. The van der Waals surface area contributed by atoms with Crippen molar-refractivity contribution in [2.24, 2.45) is 5.73 Å². The van der Waals surface area contributed by atoms with Crippen molar-refractivity contribution in [2.75, 3.05) is 13.2 Å². The molecule has 0 aromatic carbocycles. The van der Waals surface area contributed by atoms with Gasteiger partial charge in [0.2, 0.25) is 0 Å². The normalized spacial score (nSPS) is 28.3. The summed E-state index contributed by atoms with van der Waals surface area (Å²) in [7, 11) is 0. The average molecular weight is 462 g/mol. The van der Waals surface area contributed by atoms with Gasteiger partial charge in [-0.25, -0.2) is 0 Å². The third-order valence-electron chi connectivity index (χ3n) is 6.05. The first-order valence-electron chi connectivity index (χ1n) is 12.4. The minimum atomic E-state index is -1.50. The quantitative estimate of drug-likeness (QED) is 0.134. The van der Waals surface area contributed by atoms with Crippen LogP contribution in [0.15, 0.2) is 12.2 Å². The van der Waals surface area contributed by atoms with Gasteiger partial charge in [-0.2, -0.15) is 0 Å². The highest BCUT2D eigenvalue weighted by Crippen LogP contribution is 2.22. The van der Waals surface area contributed by atoms with E-state index in [0.717, 1.165) is 12.8 Å². The summed E-state index contributed by atoms with van der Waals surface area (Å²) in [6.07, 6.45) is 11.1. The fraction of sp³-hybridized carbons (Fsp3) is 0.917. The summed E-state index contributed by atoms with van der Waals surface area (Å²) in [6.45, 7) is 1.60. The van der Waals surface area contributed by atoms with Crippen molar-refractivity contribution in [1.82, 2.24) is 0 Å². The van der Waals surface area contributed by atoms with E-state index in [1.807, 2.05) is 6.08 Å². The van der Waals surface area contributed by atoms with Gasteiger partial charge in [-0.1, -0.05) is 83.3 Å². The number of hydrogen-bond acceptors (Lipinski definition) is 8. The SMILES string of the molecule is CCCCCCCCCCCCC/C=C/[C@@H](O)[C@H](N)CO[C@@H]1O[C@H](CO)[C@@H](O)[C@H](O)[C@H]1O. The van der Waals surface area contributed by atoms with Crippen LogP contribution in [0.4, 0.5) is 0 Å². The van der Waals surface area contributed by atoms with Crippen LogP contribution >= 0.6 is 0 Å². The molecule has 8 heteroatoms. The summed E-state index contributed by atoms with van der Waals surface area (Å²) in [5, 5.41) is 48.8. The van der Waals surface area contributed by atoms with Crippen molar-refractivity contribution in [2.45, 2.75) is 127 Å². The van der Waals surface area contributed by atoms with Crippen molar-refractivity contribution in [3.8, 4) is 0 Å². The topological polar surface area (TPSA) is 146 Å². The number of aliphatic hydroxyl groups excluding tert-OH is 5. The third-order valence-corrected chi connectivity index (χ3v) is 6.05. The summed E-state index contributed by atoms with van der Waals surface area (Å²) < 4.78 is 10.6. The molecule has 0 aromatic heterocycles. The number of nitrogens with two attached hydrogens (primary N) is 1. The highest BCUT2D eigenvalue weighted by Gasteiger charge is 2.44. The molecule has 0 saturated carbocycles. The predicted molar refractivity (Wildman–Crippen MR) is 124 cm³/mol. The number of ether oxygens (including phenoxy) is 2. The second-order valence-electron chi connectivity index (χ2n) is 8.94. The van der Waals surface area contributed by atoms with Gasteiger partial charge in [-0.15, -0.1) is 0 Å². The zero-order valence-electron chi connectivity index (χ0n) is 19.7. The van der Waals surface area contributed by atoms with E-state index in [1.54, 1.807) is 6.08 Å². The first-order valence-corrected chi connectivity index (χ1v) is 12.4. The van der Waals surface area contributed by atoms with E-state index in [2.05, 4.69) is 6.92 Å². The molecule has 1 saturated heterocycles. The maximum absolute atomic E-state index is 10.2. The van der Waals surface area contributed by atoms with Crippen molar-refractivity contribution in [3.05, 3.63) is 12.2 Å². The van der Waals surface area contributed by atoms with Crippen LogP contribution in [0.5, 0.6) is 0 Å². The van der Waals surface area contributed by atoms with Gasteiger partial charge in [0.05, 0.1) is 25.4 Å². The second kappa shape index (κ2) is 17.8. The van der Waals surface area contributed by atoms with Crippen LogP contribution in [0.25, 0.3) is 0 Å². The van der Waals surface area contributed by atoms with Gasteiger partial charge in [0.15, 0.2) is 6.29 Å². The largest absolute Gasteiger partial charge is 0.394 e. The third kappa shape index (κ3) is 11.5. The Hall–Kier alpha value is -0.580. The van der Waals surface area contributed by atoms with Crippen molar-refractivity contribution >= 4 is 0 Å². The highest BCUT2D eigenvalue weighted by atomic mass is 16.7. The lowest BCUT2D eigenvalue weighted by Gasteiger charge is -2.39. The molecule has 0 unspecified atom stereocenters. The molecule has 0 amide bonds. The second-order valence-corrected chi connectivity index (χ2v) is 8.94. The van der Waals surface area contributed by atoms with Crippen molar-refractivity contribution < 1.29 is 35.0 Å². The van der Waals surface area contributed by atoms with Gasteiger partial charge in [0, 0.05) is 0 Å². The fourth-order valence-corrected chi connectivity index (χ4v) is 3.81. The smallest absolute Gasteiger partial charge is 0.186 e. The maximum Gasteiger partial charge on any atom is 0.186 e. The molecule has 1 rings (SSSR count). The number of rotatable bonds is 18. The van der Waals surface area contributed by atoms with Gasteiger partial charge in [-0.3, -0.25) is 0 Å². The Morgan fingerprint density at radius 3 is 2.00 bits per heavy atom. The van der Waals surface area contributed by atoms with Crippen LogP contribution in [-0.4, -0.2) is 81.6 Å². The van der Waals surface area contributed by atoms with E-state index in [1.165, 1.54) is 64.2 Å². The van der Waals surface area contributed by atoms with Crippen LogP contribution in [0.2, 0.25) is 0 Å². The van der Waals surface area contributed by atoms with Gasteiger partial charge < -0.3 is 40.7 Å². The number of unbranched alkanes of at least 4 members (excludes halogenated alkanes) is 11. The lowest BCUT2D eigenvalue weighted by molar-refractivity contribution is -0.302. The van der Waals surface area contributed by atoms with Gasteiger partial charge in [-0.05, 0) is 12.8 Å². The van der Waals surface area contributed by atoms with Gasteiger partial charge in [0.25, 0.3) is 0 Å². The van der Waals surface area contributed by atoms with Crippen molar-refractivity contribution in [1.29, 1.82) is 0 Å². The van der Waals surface area contributed by atoms with E-state index >= 15 is 0 Å². The standard InChI is InChI=1S/C24H47NO7/c1-2-3-4-5-6-7-8-9-10-11-12-13-14-15-19(27)18(25)17-31-24-23(30)22(29)21(28)20(16-26)32-24/h14-15,18-24,26-30H,2-13,16-17,25H2,1H3/b15-14+/t18-,19-,20-,21-,22+,23-,24-/m1/s1. The minimum Gasteiger partial charge on any atom is -0.394 e. The Morgan fingerprint density at radius 2 is 1.44 bits per heavy atom. The zero-order chi connectivity index (χ0) is 23.8. The molecular weight excluding hydrogens is 414 g/mol. The Balaban J connectivity index is 2.10. The molecule has 1 aliphatic rings. The van der Waals surface area contributed by atoms with E-state index in [4.69, 9.17) is 15.2 Å². The molecule has 190 valence electrons. The molecule has 1 fully saturated rings. The first kappa shape index (κ1) is 29.5. The van der Waals surface area contributed by atoms with Crippen LogP contribution in [-0.2, 0) is 9.47 Å². The summed E-state index contributed by atoms with van der Waals surface area (Å²) in [4.78, 5) is 0. The molecule has 8 nitrogen and oxygen atoms in total. The summed E-state index contributed by atoms with van der Waals surface area (Å²) in [5.41, 5.74) is 5.93. The molecule has 0 aliphatic carbocycles. The number of allylic oxidation sites excluding steroid dienone is 1. The van der Waals surface area contributed by atoms with E-state index in [9.17, 15) is 25.5 Å². The summed E-state index contributed by atoms with van der Waals surface area (Å²) in [6, 6.07) is -0.740. The Kier molecular flexibility index (Phi) is 16.4. The summed E-state index contributed by atoms with van der Waals surface area (Å²) >= 11 is 0.